The number of aromatic nitrogens is 1. The van der Waals surface area contributed by atoms with Crippen LogP contribution in [0.15, 0.2) is 36.5 Å². The van der Waals surface area contributed by atoms with Crippen LogP contribution in [0.4, 0.5) is 0 Å². The van der Waals surface area contributed by atoms with Crippen molar-refractivity contribution in [2.75, 3.05) is 13.2 Å². The van der Waals surface area contributed by atoms with Crippen molar-refractivity contribution in [3.63, 3.8) is 0 Å². The van der Waals surface area contributed by atoms with Gasteiger partial charge in [-0.15, -0.1) is 0 Å². The molecule has 1 aromatic carbocycles. The number of hydrogen-bond acceptors (Lipinski definition) is 3. The van der Waals surface area contributed by atoms with Crippen molar-refractivity contribution in [2.24, 2.45) is 7.05 Å². The Morgan fingerprint density at radius 2 is 2.08 bits per heavy atom. The van der Waals surface area contributed by atoms with E-state index in [1.807, 2.05) is 55.1 Å². The molecule has 4 nitrogen and oxygen atoms in total. The van der Waals surface area contributed by atoms with Crippen molar-refractivity contribution < 1.29 is 14.3 Å². The second kappa shape index (κ2) is 9.50. The SMILES string of the molecule is CCOC(=O)c1ccn(C)c1CCCCOCc1cccc(Cl)c1. The molecule has 1 aromatic heterocycles. The van der Waals surface area contributed by atoms with E-state index < -0.39 is 0 Å². The molecule has 0 amide bonds. The fraction of sp³-hybridized carbons (Fsp3) is 0.421. The van der Waals surface area contributed by atoms with Gasteiger partial charge in [0.05, 0.1) is 18.8 Å². The number of aryl methyl sites for hydroxylation is 1. The highest BCUT2D eigenvalue weighted by Crippen LogP contribution is 2.15. The van der Waals surface area contributed by atoms with E-state index in [0.717, 1.165) is 35.5 Å². The lowest BCUT2D eigenvalue weighted by Crippen LogP contribution is -2.09. The number of rotatable bonds is 9. The van der Waals surface area contributed by atoms with Gasteiger partial charge in [-0.1, -0.05) is 23.7 Å². The first-order valence-electron chi connectivity index (χ1n) is 8.25. The summed E-state index contributed by atoms with van der Waals surface area (Å²) in [6, 6.07) is 9.51. The van der Waals surface area contributed by atoms with Gasteiger partial charge in [-0.3, -0.25) is 0 Å². The summed E-state index contributed by atoms with van der Waals surface area (Å²) in [6.07, 6.45) is 4.63. The van der Waals surface area contributed by atoms with Crippen LogP contribution >= 0.6 is 11.6 Å². The molecule has 5 heteroatoms. The molecule has 0 fully saturated rings. The smallest absolute Gasteiger partial charge is 0.339 e. The quantitative estimate of drug-likeness (QED) is 0.498. The Hall–Kier alpha value is -1.78. The zero-order valence-electron chi connectivity index (χ0n) is 14.3. The molecule has 1 heterocycles. The van der Waals surface area contributed by atoms with Crippen molar-refractivity contribution in [3.05, 3.63) is 58.4 Å². The van der Waals surface area contributed by atoms with Gasteiger partial charge in [0.2, 0.25) is 0 Å². The zero-order valence-corrected chi connectivity index (χ0v) is 15.0. The largest absolute Gasteiger partial charge is 0.462 e. The third-order valence-electron chi connectivity index (χ3n) is 3.81. The van der Waals surface area contributed by atoms with Crippen molar-refractivity contribution >= 4 is 17.6 Å². The fourth-order valence-corrected chi connectivity index (χ4v) is 2.79. The number of hydrogen-bond donors (Lipinski definition) is 0. The maximum absolute atomic E-state index is 11.9. The lowest BCUT2D eigenvalue weighted by Gasteiger charge is -2.08. The lowest BCUT2D eigenvalue weighted by atomic mass is 10.1. The number of carbonyl (C=O) groups excluding carboxylic acids is 1. The van der Waals surface area contributed by atoms with E-state index in [0.29, 0.717) is 25.4 Å². The zero-order chi connectivity index (χ0) is 17.4. The third kappa shape index (κ3) is 5.39. The van der Waals surface area contributed by atoms with Crippen LogP contribution in [-0.2, 0) is 29.5 Å². The van der Waals surface area contributed by atoms with E-state index in [4.69, 9.17) is 21.1 Å². The van der Waals surface area contributed by atoms with Crippen molar-refractivity contribution in [3.8, 4) is 0 Å². The maximum Gasteiger partial charge on any atom is 0.339 e. The van der Waals surface area contributed by atoms with Gasteiger partial charge in [-0.25, -0.2) is 4.79 Å². The molecule has 0 aliphatic heterocycles. The molecule has 0 bridgehead atoms. The molecular weight excluding hydrogens is 326 g/mol. The Kier molecular flexibility index (Phi) is 7.35. The van der Waals surface area contributed by atoms with E-state index in [1.54, 1.807) is 0 Å². The monoisotopic (exact) mass is 349 g/mol. The van der Waals surface area contributed by atoms with E-state index in [1.165, 1.54) is 0 Å². The van der Waals surface area contributed by atoms with Crippen molar-refractivity contribution in [1.29, 1.82) is 0 Å². The van der Waals surface area contributed by atoms with Gasteiger partial charge in [0.25, 0.3) is 0 Å². The molecule has 0 radical (unpaired) electrons. The highest BCUT2D eigenvalue weighted by molar-refractivity contribution is 6.30. The molecule has 0 aliphatic rings. The van der Waals surface area contributed by atoms with Crippen molar-refractivity contribution in [2.45, 2.75) is 32.8 Å². The van der Waals surface area contributed by atoms with Gasteiger partial charge in [-0.2, -0.15) is 0 Å². The lowest BCUT2D eigenvalue weighted by molar-refractivity contribution is 0.0525. The normalized spacial score (nSPS) is 10.8. The first kappa shape index (κ1) is 18.6. The average Bonchev–Trinajstić information content (AvgIpc) is 2.92. The molecule has 0 aliphatic carbocycles. The van der Waals surface area contributed by atoms with Crippen LogP contribution in [0.3, 0.4) is 0 Å². The Labute approximate surface area is 148 Å². The van der Waals surface area contributed by atoms with E-state index >= 15 is 0 Å². The first-order chi connectivity index (χ1) is 11.6. The number of nitrogens with zero attached hydrogens (tertiary/aromatic N) is 1. The number of benzene rings is 1. The van der Waals surface area contributed by atoms with Crippen LogP contribution < -0.4 is 0 Å². The number of carbonyl (C=O) groups is 1. The Morgan fingerprint density at radius 1 is 1.25 bits per heavy atom. The predicted molar refractivity (Wildman–Crippen MR) is 95.4 cm³/mol. The number of esters is 1. The second-order valence-corrected chi connectivity index (χ2v) is 6.08. The van der Waals surface area contributed by atoms with E-state index in [2.05, 4.69) is 0 Å². The van der Waals surface area contributed by atoms with Crippen molar-refractivity contribution in [1.82, 2.24) is 4.57 Å². The highest BCUT2D eigenvalue weighted by Gasteiger charge is 2.15. The topological polar surface area (TPSA) is 40.5 Å². The Morgan fingerprint density at radius 3 is 2.83 bits per heavy atom. The third-order valence-corrected chi connectivity index (χ3v) is 4.04. The van der Waals surface area contributed by atoms with Gasteiger partial charge in [0.15, 0.2) is 0 Å². The van der Waals surface area contributed by atoms with Gasteiger partial charge < -0.3 is 14.0 Å². The summed E-state index contributed by atoms with van der Waals surface area (Å²) in [5.41, 5.74) is 2.76. The summed E-state index contributed by atoms with van der Waals surface area (Å²) >= 11 is 5.95. The molecule has 24 heavy (non-hydrogen) atoms. The van der Waals surface area contributed by atoms with E-state index in [-0.39, 0.29) is 5.97 Å². The van der Waals surface area contributed by atoms with Crippen LogP contribution in [0.5, 0.6) is 0 Å². The minimum absolute atomic E-state index is 0.245. The predicted octanol–water partition coefficient (Wildman–Crippen LogP) is 4.39. The minimum Gasteiger partial charge on any atom is -0.462 e. The summed E-state index contributed by atoms with van der Waals surface area (Å²) in [4.78, 5) is 11.9. The molecule has 0 saturated carbocycles. The van der Waals surface area contributed by atoms with Gasteiger partial charge in [0.1, 0.15) is 0 Å². The van der Waals surface area contributed by atoms with Crippen LogP contribution in [0.1, 0.15) is 41.4 Å². The average molecular weight is 350 g/mol. The van der Waals surface area contributed by atoms with Gasteiger partial charge in [0, 0.05) is 30.6 Å². The molecule has 2 aromatic rings. The molecule has 0 N–H and O–H groups in total. The molecule has 0 atom stereocenters. The number of halogens is 1. The molecule has 0 saturated heterocycles. The van der Waals surface area contributed by atoms with Crippen LogP contribution in [0.25, 0.3) is 0 Å². The van der Waals surface area contributed by atoms with Crippen LogP contribution in [0, 0.1) is 0 Å². The van der Waals surface area contributed by atoms with Crippen LogP contribution in [-0.4, -0.2) is 23.8 Å². The van der Waals surface area contributed by atoms with Crippen LogP contribution in [0.2, 0.25) is 5.02 Å². The highest BCUT2D eigenvalue weighted by atomic mass is 35.5. The minimum atomic E-state index is -0.245. The molecule has 130 valence electrons. The van der Waals surface area contributed by atoms with Gasteiger partial charge in [-0.05, 0) is 49.9 Å². The maximum atomic E-state index is 11.9. The summed E-state index contributed by atoms with van der Waals surface area (Å²) in [7, 11) is 1.95. The van der Waals surface area contributed by atoms with Gasteiger partial charge >= 0.3 is 5.97 Å². The Bertz CT molecular complexity index is 666. The Balaban J connectivity index is 1.73. The molecule has 0 unspecified atom stereocenters. The molecule has 2 rings (SSSR count). The summed E-state index contributed by atoms with van der Waals surface area (Å²) < 4.78 is 12.8. The fourth-order valence-electron chi connectivity index (χ4n) is 2.58. The number of unbranched alkanes of at least 4 members (excludes halogenated alkanes) is 1. The van der Waals surface area contributed by atoms with E-state index in [9.17, 15) is 4.79 Å². The molecule has 0 spiro atoms. The molecular formula is C19H24ClNO3. The number of ether oxygens (including phenoxy) is 2. The summed E-state index contributed by atoms with van der Waals surface area (Å²) in [5, 5.41) is 0.728. The standard InChI is InChI=1S/C19H24ClNO3/c1-3-24-19(22)17-10-11-21(2)18(17)9-4-5-12-23-14-15-7-6-8-16(20)13-15/h6-8,10-11,13H,3-5,9,12,14H2,1-2H3. The second-order valence-electron chi connectivity index (χ2n) is 5.65. The first-order valence-corrected chi connectivity index (χ1v) is 8.63. The summed E-state index contributed by atoms with van der Waals surface area (Å²) in [5.74, 6) is -0.245. The summed E-state index contributed by atoms with van der Waals surface area (Å²) in [6.45, 7) is 3.47.